The van der Waals surface area contributed by atoms with Gasteiger partial charge in [-0.25, -0.2) is 0 Å². The summed E-state index contributed by atoms with van der Waals surface area (Å²) in [6.45, 7) is 8.81. The lowest BCUT2D eigenvalue weighted by molar-refractivity contribution is -0.137. The molecule has 5 heteroatoms. The predicted molar refractivity (Wildman–Crippen MR) is 133 cm³/mol. The summed E-state index contributed by atoms with van der Waals surface area (Å²) in [5.41, 5.74) is 3.11. The van der Waals surface area contributed by atoms with Crippen LogP contribution in [-0.4, -0.2) is 30.1 Å². The van der Waals surface area contributed by atoms with Crippen molar-refractivity contribution >= 4 is 35.0 Å². The Bertz CT molecular complexity index is 1010. The maximum atomic E-state index is 13.2. The third-order valence-corrected chi connectivity index (χ3v) is 6.77. The standard InChI is InChI=1S/C26H29ClN2OS/c1-5-7-16-29(4)25(30)26(3,6-2)17-21-18-31-23-11-9-8-10-22(23)24(28-21)19-12-14-20(27)15-13-19/h6,8-15,18H,2,5,7,16-17H2,1,3-4H3. The van der Waals surface area contributed by atoms with Crippen LogP contribution in [0.15, 0.2) is 82.2 Å². The van der Waals surface area contributed by atoms with E-state index >= 15 is 0 Å². The van der Waals surface area contributed by atoms with E-state index in [1.54, 1.807) is 17.8 Å². The third-order valence-electron chi connectivity index (χ3n) is 5.52. The summed E-state index contributed by atoms with van der Waals surface area (Å²) in [5, 5.41) is 2.75. The number of carbonyl (C=O) groups is 1. The molecule has 162 valence electrons. The summed E-state index contributed by atoms with van der Waals surface area (Å²) in [4.78, 5) is 21.2. The molecular formula is C26H29ClN2OS. The van der Waals surface area contributed by atoms with Gasteiger partial charge in [-0.15, -0.1) is 6.58 Å². The van der Waals surface area contributed by atoms with E-state index in [4.69, 9.17) is 16.6 Å². The highest BCUT2D eigenvalue weighted by atomic mass is 35.5. The van der Waals surface area contributed by atoms with Crippen LogP contribution in [0.3, 0.4) is 0 Å². The van der Waals surface area contributed by atoms with Crippen LogP contribution in [0.2, 0.25) is 5.02 Å². The fourth-order valence-corrected chi connectivity index (χ4v) is 4.55. The Balaban J connectivity index is 1.97. The summed E-state index contributed by atoms with van der Waals surface area (Å²) in [6, 6.07) is 16.0. The van der Waals surface area contributed by atoms with Gasteiger partial charge in [0, 0.05) is 46.8 Å². The highest BCUT2D eigenvalue weighted by molar-refractivity contribution is 8.02. The molecule has 2 aromatic carbocycles. The molecule has 1 heterocycles. The summed E-state index contributed by atoms with van der Waals surface area (Å²) >= 11 is 7.75. The first-order valence-electron chi connectivity index (χ1n) is 10.6. The van der Waals surface area contributed by atoms with Gasteiger partial charge in [0.1, 0.15) is 0 Å². The van der Waals surface area contributed by atoms with Gasteiger partial charge in [-0.3, -0.25) is 9.79 Å². The Morgan fingerprint density at radius 3 is 2.61 bits per heavy atom. The van der Waals surface area contributed by atoms with Crippen molar-refractivity contribution < 1.29 is 4.79 Å². The number of thioether (sulfide) groups is 1. The lowest BCUT2D eigenvalue weighted by atomic mass is 9.84. The molecule has 2 aromatic rings. The zero-order chi connectivity index (χ0) is 22.4. The molecule has 0 aliphatic carbocycles. The van der Waals surface area contributed by atoms with E-state index in [0.29, 0.717) is 11.4 Å². The van der Waals surface area contributed by atoms with Gasteiger partial charge in [0.05, 0.1) is 11.1 Å². The van der Waals surface area contributed by atoms with Crippen molar-refractivity contribution in [2.75, 3.05) is 13.6 Å². The number of rotatable bonds is 8. The SMILES string of the molecule is C=CC(C)(CC1=CSc2ccccc2C(c2ccc(Cl)cc2)=N1)C(=O)N(C)CCCC. The van der Waals surface area contributed by atoms with Crippen LogP contribution in [0.25, 0.3) is 0 Å². The molecule has 0 fully saturated rings. The van der Waals surface area contributed by atoms with Crippen molar-refractivity contribution in [2.45, 2.75) is 38.0 Å². The van der Waals surface area contributed by atoms with Crippen molar-refractivity contribution in [1.29, 1.82) is 0 Å². The molecule has 1 amide bonds. The number of fused-ring (bicyclic) bond motifs is 1. The van der Waals surface area contributed by atoms with Crippen molar-refractivity contribution in [3.8, 4) is 0 Å². The number of amides is 1. The minimum absolute atomic E-state index is 0.0758. The van der Waals surface area contributed by atoms with Gasteiger partial charge in [0.15, 0.2) is 0 Å². The summed E-state index contributed by atoms with van der Waals surface area (Å²) in [7, 11) is 1.87. The molecule has 0 aromatic heterocycles. The average Bonchev–Trinajstić information content (AvgIpc) is 2.97. The minimum atomic E-state index is -0.722. The van der Waals surface area contributed by atoms with Crippen LogP contribution >= 0.6 is 23.4 Å². The summed E-state index contributed by atoms with van der Waals surface area (Å²) in [5.74, 6) is 0.0758. The Kier molecular flexibility index (Phi) is 7.79. The molecule has 0 spiro atoms. The number of nitrogens with zero attached hydrogens (tertiary/aromatic N) is 2. The van der Waals surface area contributed by atoms with E-state index in [1.165, 1.54) is 0 Å². The topological polar surface area (TPSA) is 32.7 Å². The molecule has 0 radical (unpaired) electrons. The van der Waals surface area contributed by atoms with Crippen LogP contribution < -0.4 is 0 Å². The molecule has 0 saturated carbocycles. The number of hydrogen-bond acceptors (Lipinski definition) is 3. The smallest absolute Gasteiger partial charge is 0.232 e. The van der Waals surface area contributed by atoms with E-state index in [0.717, 1.165) is 46.8 Å². The molecule has 0 N–H and O–H groups in total. The number of carbonyl (C=O) groups excluding carboxylic acids is 1. The van der Waals surface area contributed by atoms with Crippen LogP contribution in [0.1, 0.15) is 44.2 Å². The van der Waals surface area contributed by atoms with Crippen LogP contribution in [-0.2, 0) is 4.79 Å². The summed E-state index contributed by atoms with van der Waals surface area (Å²) < 4.78 is 0. The Hall–Kier alpha value is -2.30. The number of allylic oxidation sites excluding steroid dienone is 1. The molecule has 0 saturated heterocycles. The average molecular weight is 453 g/mol. The van der Waals surface area contributed by atoms with Crippen LogP contribution in [0.4, 0.5) is 0 Å². The highest BCUT2D eigenvalue weighted by Crippen LogP contribution is 2.37. The van der Waals surface area contributed by atoms with Gasteiger partial charge in [-0.05, 0) is 37.0 Å². The maximum Gasteiger partial charge on any atom is 0.232 e. The third kappa shape index (κ3) is 5.50. The number of unbranched alkanes of at least 4 members (excludes halogenated alkanes) is 1. The number of halogens is 1. The first-order valence-corrected chi connectivity index (χ1v) is 11.8. The minimum Gasteiger partial charge on any atom is -0.345 e. The molecular weight excluding hydrogens is 424 g/mol. The molecule has 0 bridgehead atoms. The molecule has 1 aliphatic rings. The van der Waals surface area contributed by atoms with Gasteiger partial charge in [0.25, 0.3) is 0 Å². The highest BCUT2D eigenvalue weighted by Gasteiger charge is 2.34. The number of hydrogen-bond donors (Lipinski definition) is 0. The maximum absolute atomic E-state index is 13.2. The monoisotopic (exact) mass is 452 g/mol. The molecule has 1 unspecified atom stereocenters. The van der Waals surface area contributed by atoms with E-state index in [-0.39, 0.29) is 5.91 Å². The fraction of sp³-hybridized carbons (Fsp3) is 0.308. The van der Waals surface area contributed by atoms with Crippen molar-refractivity contribution in [2.24, 2.45) is 10.4 Å². The van der Waals surface area contributed by atoms with Crippen molar-refractivity contribution in [3.05, 3.63) is 88.4 Å². The second-order valence-electron chi connectivity index (χ2n) is 8.07. The first-order chi connectivity index (χ1) is 14.9. The first kappa shape index (κ1) is 23.4. The molecule has 1 atom stereocenters. The number of benzene rings is 2. The van der Waals surface area contributed by atoms with Crippen molar-refractivity contribution in [1.82, 2.24) is 4.90 Å². The van der Waals surface area contributed by atoms with Crippen molar-refractivity contribution in [3.63, 3.8) is 0 Å². The zero-order valence-corrected chi connectivity index (χ0v) is 20.0. The molecule has 31 heavy (non-hydrogen) atoms. The Morgan fingerprint density at radius 1 is 1.23 bits per heavy atom. The van der Waals surface area contributed by atoms with Gasteiger partial charge < -0.3 is 4.90 Å². The Labute approximate surface area is 194 Å². The molecule has 3 nitrogen and oxygen atoms in total. The van der Waals surface area contributed by atoms with E-state index in [9.17, 15) is 4.79 Å². The van der Waals surface area contributed by atoms with E-state index in [1.807, 2.05) is 55.3 Å². The van der Waals surface area contributed by atoms with E-state index < -0.39 is 5.41 Å². The Morgan fingerprint density at radius 2 is 1.94 bits per heavy atom. The van der Waals surface area contributed by atoms with Gasteiger partial charge in [0.2, 0.25) is 5.91 Å². The zero-order valence-electron chi connectivity index (χ0n) is 18.4. The van der Waals surface area contributed by atoms with Crippen LogP contribution in [0.5, 0.6) is 0 Å². The normalized spacial score (nSPS) is 15.1. The van der Waals surface area contributed by atoms with Gasteiger partial charge in [-0.2, -0.15) is 0 Å². The number of aliphatic imine (C=N–C) groups is 1. The molecule has 1 aliphatic heterocycles. The van der Waals surface area contributed by atoms with E-state index in [2.05, 4.69) is 31.0 Å². The lowest BCUT2D eigenvalue weighted by Gasteiger charge is -2.30. The predicted octanol–water partition coefficient (Wildman–Crippen LogP) is 6.97. The van der Waals surface area contributed by atoms with Gasteiger partial charge >= 0.3 is 0 Å². The second-order valence-corrected chi connectivity index (χ2v) is 9.42. The van der Waals surface area contributed by atoms with Crippen LogP contribution in [0, 0.1) is 5.41 Å². The summed E-state index contributed by atoms with van der Waals surface area (Å²) in [6.07, 6.45) is 4.29. The lowest BCUT2D eigenvalue weighted by Crippen LogP contribution is -2.39. The molecule has 3 rings (SSSR count). The second kappa shape index (κ2) is 10.3. The largest absolute Gasteiger partial charge is 0.345 e. The quantitative estimate of drug-likeness (QED) is 0.405. The van der Waals surface area contributed by atoms with Gasteiger partial charge in [-0.1, -0.05) is 73.1 Å². The fourth-order valence-electron chi connectivity index (χ4n) is 3.58.